The van der Waals surface area contributed by atoms with Crippen molar-refractivity contribution in [2.45, 2.75) is 0 Å². The van der Waals surface area contributed by atoms with Gasteiger partial charge in [0.1, 0.15) is 0 Å². The number of hydrogen-bond acceptors (Lipinski definition) is 1. The average Bonchev–Trinajstić information content (AvgIpc) is 3.82. The van der Waals surface area contributed by atoms with Crippen molar-refractivity contribution in [3.05, 3.63) is 218 Å². The zero-order chi connectivity index (χ0) is 38.6. The minimum absolute atomic E-state index is 0.657. The Kier molecular flexibility index (Phi) is 7.88. The number of hydrogen-bond donors (Lipinski definition) is 0. The van der Waals surface area contributed by atoms with Crippen molar-refractivity contribution in [3.8, 4) is 62.0 Å². The molecule has 0 amide bonds. The molecule has 0 fully saturated rings. The lowest BCUT2D eigenvalue weighted by molar-refractivity contribution is 1.18. The molecule has 2 aromatic heterocycles. The molecular weight excluding hydrogens is 703 g/mol. The van der Waals surface area contributed by atoms with Crippen molar-refractivity contribution in [1.29, 1.82) is 5.26 Å². The lowest BCUT2D eigenvalue weighted by Crippen LogP contribution is -1.94. The molecule has 58 heavy (non-hydrogen) atoms. The minimum atomic E-state index is 0.657. The summed E-state index contributed by atoms with van der Waals surface area (Å²) in [4.78, 5) is 0. The van der Waals surface area contributed by atoms with Crippen LogP contribution in [0.15, 0.2) is 212 Å². The minimum Gasteiger partial charge on any atom is -0.309 e. The van der Waals surface area contributed by atoms with Crippen LogP contribution in [-0.2, 0) is 0 Å². The molecule has 0 radical (unpaired) electrons. The zero-order valence-corrected chi connectivity index (χ0v) is 31.5. The summed E-state index contributed by atoms with van der Waals surface area (Å²) in [7, 11) is 0. The molecule has 0 atom stereocenters. The Bertz CT molecular complexity index is 3370. The van der Waals surface area contributed by atoms with E-state index in [1.54, 1.807) is 0 Å². The zero-order valence-electron chi connectivity index (χ0n) is 31.5. The summed E-state index contributed by atoms with van der Waals surface area (Å²) in [6.45, 7) is 0. The first-order chi connectivity index (χ1) is 28.7. The predicted octanol–water partition coefficient (Wildman–Crippen LogP) is 14.4. The summed E-state index contributed by atoms with van der Waals surface area (Å²) < 4.78 is 4.80. The van der Waals surface area contributed by atoms with Gasteiger partial charge in [0.25, 0.3) is 0 Å². The summed E-state index contributed by atoms with van der Waals surface area (Å²) >= 11 is 0. The molecule has 11 rings (SSSR count). The Morgan fingerprint density at radius 2 is 0.741 bits per heavy atom. The van der Waals surface area contributed by atoms with Gasteiger partial charge in [-0.2, -0.15) is 5.26 Å². The van der Waals surface area contributed by atoms with E-state index in [1.165, 1.54) is 66.0 Å². The van der Waals surface area contributed by atoms with E-state index in [9.17, 15) is 5.26 Å². The van der Waals surface area contributed by atoms with Gasteiger partial charge in [-0.1, -0.05) is 140 Å². The van der Waals surface area contributed by atoms with Crippen molar-refractivity contribution in [1.82, 2.24) is 9.13 Å². The molecule has 3 heteroatoms. The van der Waals surface area contributed by atoms with E-state index in [2.05, 4.69) is 203 Å². The third kappa shape index (κ3) is 5.43. The first-order valence-corrected chi connectivity index (χ1v) is 19.7. The van der Waals surface area contributed by atoms with Crippen LogP contribution in [0.4, 0.5) is 0 Å². The summed E-state index contributed by atoms with van der Waals surface area (Å²) in [5.74, 6) is 0. The highest BCUT2D eigenvalue weighted by molar-refractivity contribution is 6.18. The van der Waals surface area contributed by atoms with Crippen molar-refractivity contribution in [3.63, 3.8) is 0 Å². The smallest absolute Gasteiger partial charge is 0.0991 e. The fraction of sp³-hybridized carbons (Fsp3) is 0. The summed E-state index contributed by atoms with van der Waals surface area (Å²) in [6, 6.07) is 78.2. The Hall–Kier alpha value is -7.93. The molecule has 0 aliphatic rings. The van der Waals surface area contributed by atoms with E-state index in [-0.39, 0.29) is 0 Å². The van der Waals surface area contributed by atoms with Gasteiger partial charge in [-0.25, -0.2) is 0 Å². The number of aromatic nitrogens is 2. The maximum Gasteiger partial charge on any atom is 0.0991 e. The first-order valence-electron chi connectivity index (χ1n) is 19.7. The van der Waals surface area contributed by atoms with Crippen molar-refractivity contribution < 1.29 is 0 Å². The van der Waals surface area contributed by atoms with Gasteiger partial charge in [-0.3, -0.25) is 0 Å². The van der Waals surface area contributed by atoms with Crippen LogP contribution < -0.4 is 0 Å². The maximum atomic E-state index is 9.40. The molecule has 0 saturated carbocycles. The van der Waals surface area contributed by atoms with Crippen LogP contribution >= 0.6 is 0 Å². The highest BCUT2D eigenvalue weighted by Gasteiger charge is 2.20. The number of nitrogens with zero attached hydrogens (tertiary/aromatic N) is 3. The Balaban J connectivity index is 1.15. The summed E-state index contributed by atoms with van der Waals surface area (Å²) in [5, 5.41) is 14.3. The molecule has 0 aliphatic heterocycles. The van der Waals surface area contributed by atoms with Crippen molar-refractivity contribution in [2.75, 3.05) is 0 Å². The highest BCUT2D eigenvalue weighted by atomic mass is 15.0. The second kappa shape index (κ2) is 13.7. The van der Waals surface area contributed by atoms with E-state index < -0.39 is 0 Å². The fourth-order valence-corrected chi connectivity index (χ4v) is 8.91. The summed E-state index contributed by atoms with van der Waals surface area (Å²) in [6.07, 6.45) is 0. The van der Waals surface area contributed by atoms with Gasteiger partial charge in [0, 0.05) is 32.9 Å². The van der Waals surface area contributed by atoms with E-state index in [1.807, 2.05) is 24.3 Å². The monoisotopic (exact) mass is 737 g/mol. The molecule has 11 aromatic rings. The normalized spacial score (nSPS) is 11.4. The van der Waals surface area contributed by atoms with Gasteiger partial charge in [-0.15, -0.1) is 0 Å². The number of fused-ring (bicyclic) bond motifs is 6. The fourth-order valence-electron chi connectivity index (χ4n) is 8.91. The first kappa shape index (κ1) is 33.4. The second-order valence-corrected chi connectivity index (χ2v) is 14.8. The molecule has 2 heterocycles. The van der Waals surface area contributed by atoms with Gasteiger partial charge in [0.2, 0.25) is 0 Å². The number of nitriles is 1. The number of para-hydroxylation sites is 1. The SMILES string of the molecule is N#Cc1ccc(-c2cccc(-n3c4ccc(-c5ccc6c(c5)c5c(-c7ccccc7)cccc5n6-c5ccccc5)cc4c4c(-c5ccccc5)cccc43)c2)cc1. The average molecular weight is 738 g/mol. The standard InChI is InChI=1S/C55H35N3/c56-36-37-25-27-38(28-26-37)41-17-10-20-45(33-41)58-51-32-30-43(35-49(51)55-47(22-12-24-53(55)58)40-15-6-2-7-16-40)42-29-31-50-48(34-42)54-46(39-13-4-1-5-14-39)21-11-23-52(54)57(50)44-18-8-3-9-19-44/h1-35H. The van der Waals surface area contributed by atoms with Crippen molar-refractivity contribution >= 4 is 43.6 Å². The Labute approximate surface area is 336 Å². The molecule has 0 aliphatic carbocycles. The molecule has 0 saturated heterocycles. The van der Waals surface area contributed by atoms with Gasteiger partial charge in [0.15, 0.2) is 0 Å². The molecule has 3 nitrogen and oxygen atoms in total. The Morgan fingerprint density at radius 3 is 1.28 bits per heavy atom. The topological polar surface area (TPSA) is 33.6 Å². The molecule has 0 unspecified atom stereocenters. The van der Waals surface area contributed by atoms with Crippen LogP contribution in [0.25, 0.3) is 99.5 Å². The lowest BCUT2D eigenvalue weighted by atomic mass is 9.96. The molecule has 9 aromatic carbocycles. The van der Waals surface area contributed by atoms with Crippen LogP contribution in [0, 0.1) is 11.3 Å². The third-order valence-electron chi connectivity index (χ3n) is 11.5. The van der Waals surface area contributed by atoms with E-state index in [0.717, 1.165) is 33.5 Å². The van der Waals surface area contributed by atoms with Crippen LogP contribution in [0.5, 0.6) is 0 Å². The molecule has 270 valence electrons. The Morgan fingerprint density at radius 1 is 0.310 bits per heavy atom. The van der Waals surface area contributed by atoms with E-state index in [0.29, 0.717) is 5.56 Å². The van der Waals surface area contributed by atoms with Crippen molar-refractivity contribution in [2.24, 2.45) is 0 Å². The van der Waals surface area contributed by atoms with Crippen LogP contribution in [0.1, 0.15) is 5.56 Å². The van der Waals surface area contributed by atoms with Gasteiger partial charge in [0.05, 0.1) is 33.7 Å². The summed E-state index contributed by atoms with van der Waals surface area (Å²) in [5.41, 5.74) is 16.9. The molecule has 0 bridgehead atoms. The number of rotatable bonds is 6. The third-order valence-corrected chi connectivity index (χ3v) is 11.5. The largest absolute Gasteiger partial charge is 0.309 e. The number of benzene rings is 9. The van der Waals surface area contributed by atoms with E-state index in [4.69, 9.17) is 0 Å². The molecule has 0 N–H and O–H groups in total. The van der Waals surface area contributed by atoms with Gasteiger partial charge < -0.3 is 9.13 Å². The predicted molar refractivity (Wildman–Crippen MR) is 242 cm³/mol. The quantitative estimate of drug-likeness (QED) is 0.167. The van der Waals surface area contributed by atoms with Gasteiger partial charge >= 0.3 is 0 Å². The van der Waals surface area contributed by atoms with Crippen LogP contribution in [0.3, 0.4) is 0 Å². The highest BCUT2D eigenvalue weighted by Crippen LogP contribution is 2.43. The van der Waals surface area contributed by atoms with E-state index >= 15 is 0 Å². The van der Waals surface area contributed by atoms with Crippen LogP contribution in [-0.4, -0.2) is 9.13 Å². The molecule has 0 spiro atoms. The molecular formula is C55H35N3. The van der Waals surface area contributed by atoms with Gasteiger partial charge in [-0.05, 0) is 117 Å². The lowest BCUT2D eigenvalue weighted by Gasteiger charge is -2.11. The maximum absolute atomic E-state index is 9.40. The second-order valence-electron chi connectivity index (χ2n) is 14.8. The van der Waals surface area contributed by atoms with Crippen LogP contribution in [0.2, 0.25) is 0 Å².